The highest BCUT2D eigenvalue weighted by Crippen LogP contribution is 2.20. The Kier molecular flexibility index (Phi) is 3.53. The minimum absolute atomic E-state index is 0.0847. The molecule has 1 N–H and O–H groups in total. The van der Waals surface area contributed by atoms with Crippen molar-refractivity contribution in [1.29, 1.82) is 0 Å². The second kappa shape index (κ2) is 5.10. The molecule has 2 rings (SSSR count). The largest absolute Gasteiger partial charge is 0.318 e. The van der Waals surface area contributed by atoms with E-state index in [0.29, 0.717) is 0 Å². The van der Waals surface area contributed by atoms with E-state index in [9.17, 15) is 13.6 Å². The Labute approximate surface area is 106 Å². The number of carbonyl (C=O) groups is 1. The molecule has 0 fully saturated rings. The highest BCUT2D eigenvalue weighted by atomic mass is 35.5. The molecule has 2 aromatic rings. The van der Waals surface area contributed by atoms with E-state index >= 15 is 0 Å². The van der Waals surface area contributed by atoms with Crippen molar-refractivity contribution < 1.29 is 13.6 Å². The smallest absolute Gasteiger partial charge is 0.274 e. The number of anilines is 1. The molecule has 0 saturated heterocycles. The van der Waals surface area contributed by atoms with Crippen molar-refractivity contribution in [2.75, 3.05) is 5.32 Å². The third kappa shape index (κ3) is 2.81. The van der Waals surface area contributed by atoms with Gasteiger partial charge in [-0.15, -0.1) is 0 Å². The number of amides is 1. The molecule has 0 spiro atoms. The van der Waals surface area contributed by atoms with Gasteiger partial charge in [0.1, 0.15) is 11.5 Å². The molecule has 0 unspecified atom stereocenters. The molecule has 1 amide bonds. The lowest BCUT2D eigenvalue weighted by Gasteiger charge is -2.06. The predicted octanol–water partition coefficient (Wildman–Crippen LogP) is 3.27. The molecular formula is C12H7ClF2N2O. The van der Waals surface area contributed by atoms with E-state index in [4.69, 9.17) is 11.6 Å². The van der Waals surface area contributed by atoms with Crippen LogP contribution in [0.25, 0.3) is 0 Å². The Morgan fingerprint density at radius 1 is 1.22 bits per heavy atom. The van der Waals surface area contributed by atoms with Gasteiger partial charge in [-0.25, -0.2) is 9.37 Å². The van der Waals surface area contributed by atoms with Gasteiger partial charge in [-0.2, -0.15) is 4.39 Å². The highest BCUT2D eigenvalue weighted by Gasteiger charge is 2.11. The first-order valence-corrected chi connectivity index (χ1v) is 5.33. The molecule has 0 saturated carbocycles. The molecule has 92 valence electrons. The second-order valence-electron chi connectivity index (χ2n) is 3.42. The van der Waals surface area contributed by atoms with Crippen LogP contribution in [0.2, 0.25) is 5.02 Å². The second-order valence-corrected chi connectivity index (χ2v) is 3.86. The standard InChI is InChI=1S/C12H7ClF2N2O/c13-7-4-5-8(14)10(6-7)17-12(18)9-2-1-3-11(15)16-9/h1-6H,(H,17,18). The summed E-state index contributed by atoms with van der Waals surface area (Å²) in [5, 5.41) is 2.54. The van der Waals surface area contributed by atoms with Crippen molar-refractivity contribution in [1.82, 2.24) is 4.98 Å². The summed E-state index contributed by atoms with van der Waals surface area (Å²) in [5.74, 6) is -2.13. The number of hydrogen-bond donors (Lipinski definition) is 1. The number of aromatic nitrogens is 1. The fourth-order valence-corrected chi connectivity index (χ4v) is 1.49. The van der Waals surface area contributed by atoms with E-state index in [1.807, 2.05) is 0 Å². The van der Waals surface area contributed by atoms with E-state index < -0.39 is 17.7 Å². The van der Waals surface area contributed by atoms with Crippen LogP contribution in [0, 0.1) is 11.8 Å². The Bertz CT molecular complexity index is 604. The van der Waals surface area contributed by atoms with Gasteiger partial charge < -0.3 is 5.32 Å². The van der Waals surface area contributed by atoms with Crippen LogP contribution in [-0.2, 0) is 0 Å². The first-order valence-electron chi connectivity index (χ1n) is 4.95. The number of benzene rings is 1. The Morgan fingerprint density at radius 2 is 2.00 bits per heavy atom. The lowest BCUT2D eigenvalue weighted by Crippen LogP contribution is -2.15. The maximum atomic E-state index is 13.4. The third-order valence-corrected chi connectivity index (χ3v) is 2.36. The molecule has 0 aliphatic carbocycles. The van der Waals surface area contributed by atoms with Crippen molar-refractivity contribution in [2.24, 2.45) is 0 Å². The molecule has 6 heteroatoms. The number of carbonyl (C=O) groups excluding carboxylic acids is 1. The monoisotopic (exact) mass is 268 g/mol. The van der Waals surface area contributed by atoms with Crippen LogP contribution in [-0.4, -0.2) is 10.9 Å². The number of rotatable bonds is 2. The van der Waals surface area contributed by atoms with Crippen LogP contribution in [0.5, 0.6) is 0 Å². The molecule has 18 heavy (non-hydrogen) atoms. The number of nitrogens with zero attached hydrogens (tertiary/aromatic N) is 1. The molecule has 1 aromatic carbocycles. The summed E-state index contributed by atoms with van der Waals surface area (Å²) in [7, 11) is 0. The van der Waals surface area contributed by atoms with E-state index in [0.717, 1.165) is 12.1 Å². The molecule has 1 aromatic heterocycles. The fraction of sp³-hybridized carbons (Fsp3) is 0. The van der Waals surface area contributed by atoms with Crippen LogP contribution in [0.1, 0.15) is 10.5 Å². The zero-order valence-corrected chi connectivity index (χ0v) is 9.71. The van der Waals surface area contributed by atoms with Crippen LogP contribution in [0.15, 0.2) is 36.4 Å². The zero-order chi connectivity index (χ0) is 13.1. The predicted molar refractivity (Wildman–Crippen MR) is 63.6 cm³/mol. The quantitative estimate of drug-likeness (QED) is 0.850. The molecule has 0 bridgehead atoms. The molecule has 0 radical (unpaired) electrons. The maximum Gasteiger partial charge on any atom is 0.274 e. The average Bonchev–Trinajstić information content (AvgIpc) is 2.34. The van der Waals surface area contributed by atoms with Gasteiger partial charge in [0.15, 0.2) is 0 Å². The lowest BCUT2D eigenvalue weighted by molar-refractivity contribution is 0.102. The van der Waals surface area contributed by atoms with Crippen LogP contribution in [0.3, 0.4) is 0 Å². The minimum atomic E-state index is -0.783. The molecule has 0 atom stereocenters. The number of hydrogen-bond acceptors (Lipinski definition) is 2. The first kappa shape index (κ1) is 12.4. The Hall–Kier alpha value is -2.01. The third-order valence-electron chi connectivity index (χ3n) is 2.12. The van der Waals surface area contributed by atoms with Crippen molar-refractivity contribution in [3.05, 3.63) is 58.9 Å². The van der Waals surface area contributed by atoms with Crippen molar-refractivity contribution in [3.8, 4) is 0 Å². The van der Waals surface area contributed by atoms with Gasteiger partial charge in [0.05, 0.1) is 5.69 Å². The Balaban J connectivity index is 2.24. The van der Waals surface area contributed by atoms with E-state index in [-0.39, 0.29) is 16.4 Å². The Morgan fingerprint density at radius 3 is 2.72 bits per heavy atom. The lowest BCUT2D eigenvalue weighted by atomic mass is 10.3. The van der Waals surface area contributed by atoms with Crippen molar-refractivity contribution in [2.45, 2.75) is 0 Å². The van der Waals surface area contributed by atoms with Crippen molar-refractivity contribution >= 4 is 23.2 Å². The van der Waals surface area contributed by atoms with Gasteiger partial charge in [0.25, 0.3) is 5.91 Å². The number of pyridine rings is 1. The number of nitrogens with one attached hydrogen (secondary N) is 1. The normalized spacial score (nSPS) is 10.2. The molecular weight excluding hydrogens is 262 g/mol. The van der Waals surface area contributed by atoms with Crippen LogP contribution >= 0.6 is 11.6 Å². The molecule has 1 heterocycles. The number of halogens is 3. The SMILES string of the molecule is O=C(Nc1cc(Cl)ccc1F)c1cccc(F)n1. The van der Waals surface area contributed by atoms with E-state index in [1.54, 1.807) is 0 Å². The summed E-state index contributed by atoms with van der Waals surface area (Å²) in [6, 6.07) is 7.50. The van der Waals surface area contributed by atoms with Crippen LogP contribution < -0.4 is 5.32 Å². The zero-order valence-electron chi connectivity index (χ0n) is 8.95. The topological polar surface area (TPSA) is 42.0 Å². The summed E-state index contributed by atoms with van der Waals surface area (Å²) in [6.07, 6.45) is 0. The van der Waals surface area contributed by atoms with E-state index in [2.05, 4.69) is 10.3 Å². The van der Waals surface area contributed by atoms with Gasteiger partial charge in [0.2, 0.25) is 5.95 Å². The van der Waals surface area contributed by atoms with Gasteiger partial charge >= 0.3 is 0 Å². The summed E-state index contributed by atoms with van der Waals surface area (Å²) in [5.41, 5.74) is -0.229. The van der Waals surface area contributed by atoms with Gasteiger partial charge in [-0.3, -0.25) is 4.79 Å². The highest BCUT2D eigenvalue weighted by molar-refractivity contribution is 6.31. The van der Waals surface area contributed by atoms with Gasteiger partial charge in [-0.1, -0.05) is 17.7 Å². The van der Waals surface area contributed by atoms with Gasteiger partial charge in [-0.05, 0) is 30.3 Å². The minimum Gasteiger partial charge on any atom is -0.318 e. The molecule has 0 aliphatic rings. The summed E-state index contributed by atoms with van der Waals surface area (Å²) in [6.45, 7) is 0. The summed E-state index contributed by atoms with van der Waals surface area (Å²) in [4.78, 5) is 15.1. The fourth-order valence-electron chi connectivity index (χ4n) is 1.31. The average molecular weight is 269 g/mol. The molecule has 0 aliphatic heterocycles. The summed E-state index contributed by atoms with van der Waals surface area (Å²) < 4.78 is 26.2. The first-order chi connectivity index (χ1) is 8.56. The van der Waals surface area contributed by atoms with E-state index in [1.165, 1.54) is 24.3 Å². The van der Waals surface area contributed by atoms with Crippen molar-refractivity contribution in [3.63, 3.8) is 0 Å². The van der Waals surface area contributed by atoms with Gasteiger partial charge in [0, 0.05) is 5.02 Å². The molecule has 3 nitrogen and oxygen atoms in total. The van der Waals surface area contributed by atoms with Crippen LogP contribution in [0.4, 0.5) is 14.5 Å². The maximum absolute atomic E-state index is 13.4. The summed E-state index contributed by atoms with van der Waals surface area (Å²) >= 11 is 5.68.